The number of carbonyl (C=O) groups excluding carboxylic acids is 1. The minimum absolute atomic E-state index is 0.112. The highest BCUT2D eigenvalue weighted by Gasteiger charge is 2.27. The first kappa shape index (κ1) is 22.3. The molecule has 0 atom stereocenters. The largest absolute Gasteiger partial charge is 0.497 e. The number of benzene rings is 2. The van der Waals surface area contributed by atoms with Gasteiger partial charge in [0.25, 0.3) is 5.91 Å². The maximum atomic E-state index is 13.3. The van der Waals surface area contributed by atoms with Crippen LogP contribution in [0.3, 0.4) is 0 Å². The molecule has 0 aliphatic carbocycles. The number of hydroxylamine groups is 1. The lowest BCUT2D eigenvalue weighted by atomic mass is 10.0. The van der Waals surface area contributed by atoms with Gasteiger partial charge in [-0.25, -0.2) is 13.9 Å². The zero-order valence-corrected chi connectivity index (χ0v) is 18.2. The van der Waals surface area contributed by atoms with Crippen LogP contribution >= 0.6 is 0 Å². The molecule has 2 aromatic carbocycles. The van der Waals surface area contributed by atoms with Gasteiger partial charge in [-0.15, -0.1) is 0 Å². The predicted molar refractivity (Wildman–Crippen MR) is 117 cm³/mol. The first-order chi connectivity index (χ1) is 14.8. The molecule has 0 aliphatic rings. The summed E-state index contributed by atoms with van der Waals surface area (Å²) in [5.74, 6) is -0.632. The van der Waals surface area contributed by atoms with Gasteiger partial charge in [-0.05, 0) is 61.4 Å². The van der Waals surface area contributed by atoms with Crippen LogP contribution in [0, 0.1) is 13.8 Å². The molecular weight excluding hydrogens is 418 g/mol. The molecule has 3 rings (SSSR count). The molecule has 0 bridgehead atoms. The van der Waals surface area contributed by atoms with Gasteiger partial charge < -0.3 is 9.64 Å². The summed E-state index contributed by atoms with van der Waals surface area (Å²) in [5.41, 5.74) is 3.94. The number of aromatic nitrogens is 1. The fraction of sp³-hybridized carbons (Fsp3) is 0.182. The summed E-state index contributed by atoms with van der Waals surface area (Å²) in [4.78, 5) is 18.2. The summed E-state index contributed by atoms with van der Waals surface area (Å²) >= 11 is 0. The van der Waals surface area contributed by atoms with E-state index in [0.717, 1.165) is 0 Å². The van der Waals surface area contributed by atoms with Crippen LogP contribution < -0.4 is 15.1 Å². The van der Waals surface area contributed by atoms with Crippen LogP contribution in [0.5, 0.6) is 5.75 Å². The van der Waals surface area contributed by atoms with Gasteiger partial charge in [0.2, 0.25) is 0 Å². The lowest BCUT2D eigenvalue weighted by Gasteiger charge is -2.28. The van der Waals surface area contributed by atoms with E-state index in [1.165, 1.54) is 30.3 Å². The summed E-state index contributed by atoms with van der Waals surface area (Å²) in [6, 6.07) is 13.0. The number of hydrogen-bond acceptors (Lipinski definition) is 7. The molecule has 3 aromatic rings. The smallest absolute Gasteiger partial charge is 0.277 e. The molecule has 0 fully saturated rings. The first-order valence-corrected chi connectivity index (χ1v) is 11.0. The maximum Gasteiger partial charge on any atom is 0.277 e. The number of anilines is 2. The molecule has 0 unspecified atom stereocenters. The third-order valence-electron chi connectivity index (χ3n) is 4.86. The van der Waals surface area contributed by atoms with Crippen LogP contribution in [0.15, 0.2) is 65.8 Å². The van der Waals surface area contributed by atoms with Crippen LogP contribution in [-0.4, -0.2) is 37.5 Å². The van der Waals surface area contributed by atoms with Crippen LogP contribution in [0.2, 0.25) is 0 Å². The standard InChI is InChI=1S/C22H23N3O5S/c1-15-6-7-16(2)21(20(15)22(26)24-27)25(17-5-4-12-23-13-17)14-31(28,29)19-10-8-18(30-3)9-11-19/h4-13,27H,14H2,1-3H3,(H,24,26). The number of amides is 1. The van der Waals surface area contributed by atoms with Gasteiger partial charge in [-0.1, -0.05) is 12.1 Å². The molecule has 8 nitrogen and oxygen atoms in total. The zero-order chi connectivity index (χ0) is 22.6. The van der Waals surface area contributed by atoms with Crippen molar-refractivity contribution in [2.45, 2.75) is 18.7 Å². The number of nitrogens with zero attached hydrogens (tertiary/aromatic N) is 2. The minimum atomic E-state index is -3.81. The average Bonchev–Trinajstić information content (AvgIpc) is 2.79. The molecule has 9 heteroatoms. The fourth-order valence-electron chi connectivity index (χ4n) is 3.30. The van der Waals surface area contributed by atoms with Crippen molar-refractivity contribution in [3.05, 3.63) is 77.6 Å². The molecule has 2 N–H and O–H groups in total. The van der Waals surface area contributed by atoms with Gasteiger partial charge >= 0.3 is 0 Å². The summed E-state index contributed by atoms with van der Waals surface area (Å²) < 4.78 is 31.7. The van der Waals surface area contributed by atoms with Crippen LogP contribution in [0.1, 0.15) is 21.5 Å². The second kappa shape index (κ2) is 9.15. The van der Waals surface area contributed by atoms with E-state index in [1.807, 2.05) is 0 Å². The molecule has 0 radical (unpaired) electrons. The van der Waals surface area contributed by atoms with Gasteiger partial charge in [-0.2, -0.15) is 0 Å². The van der Waals surface area contributed by atoms with Crippen molar-refractivity contribution in [3.8, 4) is 5.75 Å². The molecule has 0 aliphatic heterocycles. The predicted octanol–water partition coefficient (Wildman–Crippen LogP) is 3.40. The second-order valence-corrected chi connectivity index (χ2v) is 8.88. The highest BCUT2D eigenvalue weighted by molar-refractivity contribution is 7.91. The Kier molecular flexibility index (Phi) is 6.57. The number of pyridine rings is 1. The number of sulfone groups is 1. The van der Waals surface area contributed by atoms with Crippen molar-refractivity contribution in [3.63, 3.8) is 0 Å². The zero-order valence-electron chi connectivity index (χ0n) is 17.4. The number of hydrogen-bond donors (Lipinski definition) is 2. The highest BCUT2D eigenvalue weighted by Crippen LogP contribution is 2.35. The number of ether oxygens (including phenoxy) is 1. The molecule has 31 heavy (non-hydrogen) atoms. The Morgan fingerprint density at radius 2 is 1.77 bits per heavy atom. The summed E-state index contributed by atoms with van der Waals surface area (Å²) in [7, 11) is -2.31. The molecule has 162 valence electrons. The molecule has 0 saturated carbocycles. The Labute approximate surface area is 181 Å². The minimum Gasteiger partial charge on any atom is -0.497 e. The summed E-state index contributed by atoms with van der Waals surface area (Å²) in [5, 5.41) is 9.28. The van der Waals surface area contributed by atoms with Crippen molar-refractivity contribution in [1.29, 1.82) is 0 Å². The van der Waals surface area contributed by atoms with Gasteiger partial charge in [0, 0.05) is 6.20 Å². The van der Waals surface area contributed by atoms with E-state index in [-0.39, 0.29) is 10.5 Å². The summed E-state index contributed by atoms with van der Waals surface area (Å²) in [6.45, 7) is 3.49. The Bertz CT molecular complexity index is 1180. The second-order valence-electron chi connectivity index (χ2n) is 6.92. The van der Waals surface area contributed by atoms with E-state index in [0.29, 0.717) is 28.3 Å². The van der Waals surface area contributed by atoms with Crippen molar-refractivity contribution < 1.29 is 23.2 Å². The third-order valence-corrected chi connectivity index (χ3v) is 6.45. The highest BCUT2D eigenvalue weighted by atomic mass is 32.2. The first-order valence-electron chi connectivity index (χ1n) is 9.37. The Morgan fingerprint density at radius 1 is 1.10 bits per heavy atom. The van der Waals surface area contributed by atoms with Gasteiger partial charge in [0.15, 0.2) is 9.84 Å². The van der Waals surface area contributed by atoms with Crippen molar-refractivity contribution in [2.75, 3.05) is 17.9 Å². The number of methoxy groups -OCH3 is 1. The molecule has 0 saturated heterocycles. The topological polar surface area (TPSA) is 109 Å². The monoisotopic (exact) mass is 441 g/mol. The number of carbonyl (C=O) groups is 1. The molecular formula is C22H23N3O5S. The van der Waals surface area contributed by atoms with Gasteiger partial charge in [0.05, 0.1) is 35.1 Å². The van der Waals surface area contributed by atoms with Gasteiger partial charge in [-0.3, -0.25) is 15.0 Å². The Balaban J connectivity index is 2.18. The van der Waals surface area contributed by atoms with E-state index in [2.05, 4.69) is 4.98 Å². The van der Waals surface area contributed by atoms with E-state index < -0.39 is 21.6 Å². The molecule has 0 spiro atoms. The molecule has 1 heterocycles. The van der Waals surface area contributed by atoms with E-state index in [4.69, 9.17) is 4.74 Å². The van der Waals surface area contributed by atoms with E-state index >= 15 is 0 Å². The van der Waals surface area contributed by atoms with Crippen molar-refractivity contribution in [1.82, 2.24) is 10.5 Å². The van der Waals surface area contributed by atoms with Crippen molar-refractivity contribution in [2.24, 2.45) is 0 Å². The third kappa shape index (κ3) is 4.68. The number of nitrogens with one attached hydrogen (secondary N) is 1. The van der Waals surface area contributed by atoms with Crippen LogP contribution in [0.4, 0.5) is 11.4 Å². The molecule has 1 aromatic heterocycles. The fourth-order valence-corrected chi connectivity index (χ4v) is 4.61. The van der Waals surface area contributed by atoms with Crippen LogP contribution in [0.25, 0.3) is 0 Å². The normalized spacial score (nSPS) is 11.1. The average molecular weight is 442 g/mol. The number of rotatable bonds is 7. The SMILES string of the molecule is COc1ccc(S(=O)(=O)CN(c2cccnc2)c2c(C)ccc(C)c2C(=O)NO)cc1. The van der Waals surface area contributed by atoms with E-state index in [1.54, 1.807) is 61.9 Å². The Morgan fingerprint density at radius 3 is 2.35 bits per heavy atom. The Hall–Kier alpha value is -3.43. The van der Waals surface area contributed by atoms with E-state index in [9.17, 15) is 18.4 Å². The lowest BCUT2D eigenvalue weighted by molar-refractivity contribution is 0.0706. The van der Waals surface area contributed by atoms with Crippen LogP contribution in [-0.2, 0) is 9.84 Å². The van der Waals surface area contributed by atoms with Crippen molar-refractivity contribution >= 4 is 27.1 Å². The summed E-state index contributed by atoms with van der Waals surface area (Å²) in [6.07, 6.45) is 3.09. The maximum absolute atomic E-state index is 13.3. The number of aryl methyl sites for hydroxylation is 2. The van der Waals surface area contributed by atoms with Gasteiger partial charge in [0.1, 0.15) is 11.6 Å². The molecule has 1 amide bonds. The lowest BCUT2D eigenvalue weighted by Crippen LogP contribution is -2.30. The quantitative estimate of drug-likeness (QED) is 0.427.